The molecule has 0 bridgehead atoms. The van der Waals surface area contributed by atoms with E-state index in [0.717, 1.165) is 21.3 Å². The molecule has 0 aliphatic carbocycles. The Hall–Kier alpha value is -2.72. The monoisotopic (exact) mass is 443 g/mol. The Morgan fingerprint density at radius 1 is 1.23 bits per heavy atom. The number of nitrogens with zero attached hydrogens (tertiary/aromatic N) is 1. The van der Waals surface area contributed by atoms with Gasteiger partial charge in [0.15, 0.2) is 6.10 Å². The van der Waals surface area contributed by atoms with E-state index < -0.39 is 36.2 Å². The van der Waals surface area contributed by atoms with E-state index in [4.69, 9.17) is 0 Å². The number of thiophene rings is 1. The molecule has 0 radical (unpaired) electrons. The average Bonchev–Trinajstić information content (AvgIpc) is 3.43. The number of hydrogen-bond acceptors (Lipinski definition) is 6. The van der Waals surface area contributed by atoms with E-state index in [1.54, 1.807) is 6.07 Å². The van der Waals surface area contributed by atoms with Gasteiger partial charge in [0.05, 0.1) is 28.5 Å². The highest BCUT2D eigenvalue weighted by Gasteiger charge is 2.38. The average molecular weight is 444 g/mol. The number of H-pyrrole nitrogens is 1. The summed E-state index contributed by atoms with van der Waals surface area (Å²) in [4.78, 5) is 30.1. The maximum atomic E-state index is 12.9. The fraction of sp³-hybridized carbons (Fsp3) is 0.364. The van der Waals surface area contributed by atoms with E-state index in [-0.39, 0.29) is 19.5 Å². The molecule has 3 heterocycles. The predicted molar refractivity (Wildman–Crippen MR) is 117 cm³/mol. The van der Waals surface area contributed by atoms with E-state index in [2.05, 4.69) is 10.3 Å². The first-order valence-electron chi connectivity index (χ1n) is 10.1. The maximum absolute atomic E-state index is 12.9. The van der Waals surface area contributed by atoms with Crippen LogP contribution in [0.3, 0.4) is 0 Å². The molecule has 0 saturated carbocycles. The quantitative estimate of drug-likeness (QED) is 0.385. The van der Waals surface area contributed by atoms with Crippen LogP contribution in [-0.4, -0.2) is 74.5 Å². The number of carbonyl (C=O) groups excluding carboxylic acids is 2. The minimum Gasteiger partial charge on any atom is -0.388 e. The smallest absolute Gasteiger partial charge is 0.268 e. The van der Waals surface area contributed by atoms with Gasteiger partial charge >= 0.3 is 0 Å². The number of aryl methyl sites for hydroxylation is 1. The molecule has 5 N–H and O–H groups in total. The van der Waals surface area contributed by atoms with Crippen molar-refractivity contribution in [2.24, 2.45) is 0 Å². The Morgan fingerprint density at radius 3 is 2.55 bits per heavy atom. The Balaban J connectivity index is 1.54. The van der Waals surface area contributed by atoms with Gasteiger partial charge in [-0.1, -0.05) is 30.3 Å². The SMILES string of the molecule is Cc1csc2cc(C(=O)N[C@@H](Cc3ccccc3)[C@@H](O)C(=O)N3C[C@@H](O)[C@@H](O)C3)[nH]c12. The highest BCUT2D eigenvalue weighted by molar-refractivity contribution is 7.17. The molecule has 3 aromatic rings. The number of likely N-dealkylation sites (tertiary alicyclic amines) is 1. The molecular weight excluding hydrogens is 418 g/mol. The van der Waals surface area contributed by atoms with Gasteiger partial charge in [-0.15, -0.1) is 11.3 Å². The van der Waals surface area contributed by atoms with E-state index >= 15 is 0 Å². The normalized spacial score (nSPS) is 20.7. The molecule has 2 aromatic heterocycles. The van der Waals surface area contributed by atoms with Gasteiger partial charge in [-0.2, -0.15) is 0 Å². The third kappa shape index (κ3) is 4.49. The summed E-state index contributed by atoms with van der Waals surface area (Å²) in [5.41, 5.74) is 3.15. The van der Waals surface area contributed by atoms with Crippen molar-refractivity contribution in [3.05, 3.63) is 58.6 Å². The van der Waals surface area contributed by atoms with Gasteiger partial charge < -0.3 is 30.5 Å². The van der Waals surface area contributed by atoms with Crippen LogP contribution in [0.1, 0.15) is 21.6 Å². The molecule has 1 saturated heterocycles. The van der Waals surface area contributed by atoms with Crippen molar-refractivity contribution in [3.63, 3.8) is 0 Å². The van der Waals surface area contributed by atoms with E-state index in [0.29, 0.717) is 5.69 Å². The summed E-state index contributed by atoms with van der Waals surface area (Å²) >= 11 is 1.53. The summed E-state index contributed by atoms with van der Waals surface area (Å²) in [7, 11) is 0. The lowest BCUT2D eigenvalue weighted by molar-refractivity contribution is -0.141. The van der Waals surface area contributed by atoms with Crippen molar-refractivity contribution in [1.29, 1.82) is 0 Å². The Kier molecular flexibility index (Phi) is 6.10. The second-order valence-corrected chi connectivity index (χ2v) is 8.84. The molecule has 1 fully saturated rings. The van der Waals surface area contributed by atoms with E-state index in [1.807, 2.05) is 42.6 Å². The first kappa shape index (κ1) is 21.5. The Bertz CT molecular complexity index is 1070. The number of benzene rings is 1. The predicted octanol–water partition coefficient (Wildman–Crippen LogP) is 0.804. The molecule has 1 aliphatic heterocycles. The zero-order valence-corrected chi connectivity index (χ0v) is 17.8. The number of aromatic nitrogens is 1. The van der Waals surface area contributed by atoms with Crippen LogP contribution in [0.15, 0.2) is 41.8 Å². The third-order valence-electron chi connectivity index (χ3n) is 5.60. The number of amides is 2. The Morgan fingerprint density at radius 2 is 1.90 bits per heavy atom. The van der Waals surface area contributed by atoms with Crippen LogP contribution < -0.4 is 5.32 Å². The summed E-state index contributed by atoms with van der Waals surface area (Å²) < 4.78 is 0.957. The fourth-order valence-corrected chi connectivity index (χ4v) is 4.76. The van der Waals surface area contributed by atoms with E-state index in [1.165, 1.54) is 16.2 Å². The summed E-state index contributed by atoms with van der Waals surface area (Å²) in [5, 5.41) is 35.1. The van der Waals surface area contributed by atoms with Crippen molar-refractivity contribution in [2.45, 2.75) is 37.7 Å². The third-order valence-corrected chi connectivity index (χ3v) is 6.65. The molecule has 8 nitrogen and oxygen atoms in total. The zero-order chi connectivity index (χ0) is 22.1. The lowest BCUT2D eigenvalue weighted by Crippen LogP contribution is -2.52. The molecule has 164 valence electrons. The molecule has 9 heteroatoms. The number of fused-ring (bicyclic) bond motifs is 1. The summed E-state index contributed by atoms with van der Waals surface area (Å²) in [6.07, 6.45) is -3.38. The van der Waals surface area contributed by atoms with Gasteiger partial charge in [-0.3, -0.25) is 9.59 Å². The van der Waals surface area contributed by atoms with Crippen molar-refractivity contribution in [3.8, 4) is 0 Å². The minimum atomic E-state index is -1.53. The van der Waals surface area contributed by atoms with Crippen molar-refractivity contribution in [2.75, 3.05) is 13.1 Å². The van der Waals surface area contributed by atoms with Gasteiger partial charge in [0.2, 0.25) is 0 Å². The fourth-order valence-electron chi connectivity index (χ4n) is 3.82. The number of rotatable bonds is 6. The molecule has 4 atom stereocenters. The summed E-state index contributed by atoms with van der Waals surface area (Å²) in [5.74, 6) is -1.06. The first-order valence-corrected chi connectivity index (χ1v) is 11.0. The first-order chi connectivity index (χ1) is 14.8. The van der Waals surface area contributed by atoms with Crippen LogP contribution in [0.5, 0.6) is 0 Å². The summed E-state index contributed by atoms with van der Waals surface area (Å²) in [6, 6.07) is 10.1. The van der Waals surface area contributed by atoms with Crippen LogP contribution in [0.2, 0.25) is 0 Å². The van der Waals surface area contributed by atoms with Gasteiger partial charge in [0.25, 0.3) is 11.8 Å². The highest BCUT2D eigenvalue weighted by atomic mass is 32.1. The number of aliphatic hydroxyl groups excluding tert-OH is 3. The van der Waals surface area contributed by atoms with Crippen LogP contribution in [0, 0.1) is 6.92 Å². The molecule has 4 rings (SSSR count). The minimum absolute atomic E-state index is 0.0603. The van der Waals surface area contributed by atoms with Crippen LogP contribution >= 0.6 is 11.3 Å². The number of aromatic amines is 1. The van der Waals surface area contributed by atoms with Crippen LogP contribution in [0.4, 0.5) is 0 Å². The van der Waals surface area contributed by atoms with Gasteiger partial charge in [0, 0.05) is 13.1 Å². The molecule has 1 aliphatic rings. The zero-order valence-electron chi connectivity index (χ0n) is 17.0. The number of β-amino-alcohol motifs (C(OH)–C–C–N with tert-alkyl or cyclic N) is 2. The topological polar surface area (TPSA) is 126 Å². The van der Waals surface area contributed by atoms with Gasteiger partial charge in [-0.25, -0.2) is 0 Å². The molecular formula is C22H25N3O5S. The number of carbonyl (C=O) groups is 2. The van der Waals surface area contributed by atoms with E-state index in [9.17, 15) is 24.9 Å². The molecule has 2 amide bonds. The lowest BCUT2D eigenvalue weighted by atomic mass is 10.00. The van der Waals surface area contributed by atoms with Crippen LogP contribution in [-0.2, 0) is 11.2 Å². The molecule has 31 heavy (non-hydrogen) atoms. The molecule has 0 unspecified atom stereocenters. The summed E-state index contributed by atoms with van der Waals surface area (Å²) in [6.45, 7) is 1.83. The van der Waals surface area contributed by atoms with Gasteiger partial charge in [-0.05, 0) is 35.9 Å². The number of nitrogens with one attached hydrogen (secondary N) is 2. The molecule has 1 aromatic carbocycles. The van der Waals surface area contributed by atoms with Crippen molar-refractivity contribution < 1.29 is 24.9 Å². The van der Waals surface area contributed by atoms with Crippen molar-refractivity contribution in [1.82, 2.24) is 15.2 Å². The second-order valence-electron chi connectivity index (χ2n) is 7.93. The van der Waals surface area contributed by atoms with Gasteiger partial charge in [0.1, 0.15) is 5.69 Å². The standard InChI is InChI=1S/C22H25N3O5S/c1-12-11-31-18-8-15(23-19(12)18)21(29)24-14(7-13-5-3-2-4-6-13)20(28)22(30)25-9-16(26)17(27)10-25/h2-6,8,11,14,16-17,20,23,26-28H,7,9-10H2,1H3,(H,24,29)/t14-,16-,17+,20+/m0/s1. The number of aliphatic hydroxyl groups is 3. The largest absolute Gasteiger partial charge is 0.388 e. The lowest BCUT2D eigenvalue weighted by Gasteiger charge is -2.27. The molecule has 0 spiro atoms. The second kappa shape index (κ2) is 8.80. The van der Waals surface area contributed by atoms with Crippen LogP contribution in [0.25, 0.3) is 10.2 Å². The van der Waals surface area contributed by atoms with Crippen molar-refractivity contribution >= 4 is 33.4 Å². The number of hydrogen-bond donors (Lipinski definition) is 5. The highest BCUT2D eigenvalue weighted by Crippen LogP contribution is 2.26. The Labute approximate surface area is 183 Å². The maximum Gasteiger partial charge on any atom is 0.268 e.